The average molecular weight is 308 g/mol. The summed E-state index contributed by atoms with van der Waals surface area (Å²) in [5.41, 5.74) is 6.59. The highest BCUT2D eigenvalue weighted by atomic mass is 32.2. The molecule has 22 heavy (non-hydrogen) atoms. The third-order valence-corrected chi connectivity index (χ3v) is 4.77. The number of para-hydroxylation sites is 2. The lowest BCUT2D eigenvalue weighted by Gasteiger charge is -2.22. The molecule has 110 valence electrons. The standard InChI is InChI=1S/C17H16N4S/c1-21(17-18-10-11-22-17)20-16-12-6-2-4-8-14(12)19-15-9-5-3-7-13(15)16/h2-9H,10-11H2,1H3,(H,19,20). The van der Waals surface area contributed by atoms with Crippen molar-refractivity contribution in [3.8, 4) is 0 Å². The second-order valence-corrected chi connectivity index (χ2v) is 6.27. The molecule has 1 aromatic heterocycles. The van der Waals surface area contributed by atoms with E-state index in [1.54, 1.807) is 11.8 Å². The van der Waals surface area contributed by atoms with Crippen LogP contribution in [0.3, 0.4) is 0 Å². The van der Waals surface area contributed by atoms with Gasteiger partial charge in [0.15, 0.2) is 5.17 Å². The number of aromatic nitrogens is 1. The average Bonchev–Trinajstić information content (AvgIpc) is 3.09. The first-order valence-corrected chi connectivity index (χ1v) is 8.26. The quantitative estimate of drug-likeness (QED) is 0.578. The van der Waals surface area contributed by atoms with Gasteiger partial charge in [0.2, 0.25) is 0 Å². The second kappa shape index (κ2) is 5.50. The number of aliphatic imine (C=N–C) groups is 1. The van der Waals surface area contributed by atoms with Crippen molar-refractivity contribution in [3.63, 3.8) is 0 Å². The summed E-state index contributed by atoms with van der Waals surface area (Å²) in [4.78, 5) is 9.27. The van der Waals surface area contributed by atoms with Gasteiger partial charge in [-0.3, -0.25) is 15.4 Å². The molecular formula is C17H16N4S. The topological polar surface area (TPSA) is 40.5 Å². The predicted molar refractivity (Wildman–Crippen MR) is 95.4 cm³/mol. The number of hydrazine groups is 1. The minimum absolute atomic E-state index is 0.893. The van der Waals surface area contributed by atoms with Crippen molar-refractivity contribution in [1.29, 1.82) is 0 Å². The first-order valence-electron chi connectivity index (χ1n) is 7.28. The van der Waals surface area contributed by atoms with Crippen LogP contribution in [0.15, 0.2) is 53.5 Å². The minimum atomic E-state index is 0.893. The van der Waals surface area contributed by atoms with E-state index in [1.165, 1.54) is 0 Å². The SMILES string of the molecule is CN(Nc1c2ccccc2nc2ccccc12)C1=NCCS1. The third kappa shape index (κ3) is 2.27. The summed E-state index contributed by atoms with van der Waals surface area (Å²) in [5, 5.41) is 5.28. The van der Waals surface area contributed by atoms with Gasteiger partial charge >= 0.3 is 0 Å². The number of nitrogens with one attached hydrogen (secondary N) is 1. The number of fused-ring (bicyclic) bond motifs is 2. The van der Waals surface area contributed by atoms with Crippen LogP contribution in [0.25, 0.3) is 21.8 Å². The fraction of sp³-hybridized carbons (Fsp3) is 0.176. The summed E-state index contributed by atoms with van der Waals surface area (Å²) in [6.45, 7) is 0.893. The summed E-state index contributed by atoms with van der Waals surface area (Å²) in [6, 6.07) is 16.5. The number of pyridine rings is 1. The van der Waals surface area contributed by atoms with Gasteiger partial charge in [0.25, 0.3) is 0 Å². The lowest BCUT2D eigenvalue weighted by molar-refractivity contribution is 0.623. The number of hydrogen-bond acceptors (Lipinski definition) is 5. The number of nitrogens with zero attached hydrogens (tertiary/aromatic N) is 3. The number of thioether (sulfide) groups is 1. The highest BCUT2D eigenvalue weighted by Crippen LogP contribution is 2.31. The van der Waals surface area contributed by atoms with Gasteiger partial charge in [-0.25, -0.2) is 4.98 Å². The van der Waals surface area contributed by atoms with E-state index < -0.39 is 0 Å². The Hall–Kier alpha value is -2.27. The summed E-state index contributed by atoms with van der Waals surface area (Å²) >= 11 is 1.78. The van der Waals surface area contributed by atoms with Crippen LogP contribution in [0.2, 0.25) is 0 Å². The smallest absolute Gasteiger partial charge is 0.177 e. The van der Waals surface area contributed by atoms with E-state index in [0.29, 0.717) is 0 Å². The molecule has 0 saturated carbocycles. The van der Waals surface area contributed by atoms with Crippen LogP contribution >= 0.6 is 11.8 Å². The molecule has 2 aromatic carbocycles. The van der Waals surface area contributed by atoms with Crippen LogP contribution in [0.1, 0.15) is 0 Å². The van der Waals surface area contributed by atoms with Crippen molar-refractivity contribution in [2.75, 3.05) is 24.8 Å². The molecule has 0 spiro atoms. The lowest BCUT2D eigenvalue weighted by atomic mass is 10.1. The Morgan fingerprint density at radius 2 is 1.64 bits per heavy atom. The Balaban J connectivity index is 1.88. The summed E-state index contributed by atoms with van der Waals surface area (Å²) in [6.07, 6.45) is 0. The fourth-order valence-corrected chi connectivity index (χ4v) is 3.49. The molecular weight excluding hydrogens is 292 g/mol. The van der Waals surface area contributed by atoms with Gasteiger partial charge in [0, 0.05) is 23.6 Å². The van der Waals surface area contributed by atoms with E-state index >= 15 is 0 Å². The first-order chi connectivity index (χ1) is 10.8. The third-order valence-electron chi connectivity index (χ3n) is 3.72. The molecule has 0 atom stereocenters. The highest BCUT2D eigenvalue weighted by Gasteiger charge is 2.15. The Morgan fingerprint density at radius 3 is 2.23 bits per heavy atom. The van der Waals surface area contributed by atoms with Crippen molar-refractivity contribution in [2.45, 2.75) is 0 Å². The maximum atomic E-state index is 4.75. The monoisotopic (exact) mass is 308 g/mol. The molecule has 1 N–H and O–H groups in total. The summed E-state index contributed by atoms with van der Waals surface area (Å²) < 4.78 is 0. The molecule has 3 aromatic rings. The Morgan fingerprint density at radius 1 is 1.00 bits per heavy atom. The zero-order valence-corrected chi connectivity index (χ0v) is 13.1. The molecule has 0 unspecified atom stereocenters. The van der Waals surface area contributed by atoms with Crippen LogP contribution in [-0.4, -0.2) is 34.5 Å². The van der Waals surface area contributed by atoms with Gasteiger partial charge in [-0.1, -0.05) is 48.2 Å². The van der Waals surface area contributed by atoms with E-state index in [2.05, 4.69) is 34.7 Å². The molecule has 4 rings (SSSR count). The summed E-state index contributed by atoms with van der Waals surface area (Å²) in [7, 11) is 2.02. The molecule has 0 saturated heterocycles. The van der Waals surface area contributed by atoms with E-state index in [0.717, 1.165) is 45.0 Å². The Labute approximate surface area is 133 Å². The number of hydrogen-bond donors (Lipinski definition) is 1. The number of amidine groups is 1. The Kier molecular flexibility index (Phi) is 3.35. The first kappa shape index (κ1) is 13.4. The maximum absolute atomic E-state index is 4.75. The van der Waals surface area contributed by atoms with Crippen LogP contribution in [-0.2, 0) is 0 Å². The molecule has 1 aliphatic heterocycles. The molecule has 0 aliphatic carbocycles. The zero-order chi connectivity index (χ0) is 14.9. The molecule has 0 fully saturated rings. The van der Waals surface area contributed by atoms with E-state index in [1.807, 2.05) is 36.3 Å². The predicted octanol–water partition coefficient (Wildman–Crippen LogP) is 3.75. The van der Waals surface area contributed by atoms with Crippen molar-refractivity contribution < 1.29 is 0 Å². The second-order valence-electron chi connectivity index (χ2n) is 5.20. The number of anilines is 1. The van der Waals surface area contributed by atoms with Crippen molar-refractivity contribution in [1.82, 2.24) is 9.99 Å². The van der Waals surface area contributed by atoms with Crippen LogP contribution < -0.4 is 5.43 Å². The molecule has 0 bridgehead atoms. The molecule has 5 heteroatoms. The van der Waals surface area contributed by atoms with Gasteiger partial charge in [0.1, 0.15) is 0 Å². The Bertz CT molecular complexity index is 821. The van der Waals surface area contributed by atoms with Gasteiger partial charge in [-0.05, 0) is 12.1 Å². The maximum Gasteiger partial charge on any atom is 0.177 e. The van der Waals surface area contributed by atoms with Crippen molar-refractivity contribution in [3.05, 3.63) is 48.5 Å². The highest BCUT2D eigenvalue weighted by molar-refractivity contribution is 8.14. The molecule has 0 radical (unpaired) electrons. The van der Waals surface area contributed by atoms with Crippen LogP contribution in [0, 0.1) is 0 Å². The normalized spacial score (nSPS) is 14.3. The molecule has 1 aliphatic rings. The fourth-order valence-electron chi connectivity index (χ4n) is 2.70. The number of benzene rings is 2. The lowest BCUT2D eigenvalue weighted by Crippen LogP contribution is -2.29. The largest absolute Gasteiger partial charge is 0.296 e. The van der Waals surface area contributed by atoms with Gasteiger partial charge in [-0.15, -0.1) is 0 Å². The van der Waals surface area contributed by atoms with Crippen LogP contribution in [0.4, 0.5) is 5.69 Å². The molecule has 0 amide bonds. The van der Waals surface area contributed by atoms with Gasteiger partial charge in [-0.2, -0.15) is 0 Å². The van der Waals surface area contributed by atoms with Crippen LogP contribution in [0.5, 0.6) is 0 Å². The molecule has 2 heterocycles. The van der Waals surface area contributed by atoms with Crippen molar-refractivity contribution in [2.24, 2.45) is 4.99 Å². The molecule has 4 nitrogen and oxygen atoms in total. The van der Waals surface area contributed by atoms with Crippen molar-refractivity contribution >= 4 is 44.4 Å². The van der Waals surface area contributed by atoms with E-state index in [4.69, 9.17) is 4.98 Å². The zero-order valence-electron chi connectivity index (χ0n) is 12.3. The minimum Gasteiger partial charge on any atom is -0.296 e. The van der Waals surface area contributed by atoms with E-state index in [-0.39, 0.29) is 0 Å². The van der Waals surface area contributed by atoms with Gasteiger partial charge < -0.3 is 0 Å². The number of rotatable bonds is 2. The summed E-state index contributed by atoms with van der Waals surface area (Å²) in [5.74, 6) is 1.05. The van der Waals surface area contributed by atoms with E-state index in [9.17, 15) is 0 Å². The van der Waals surface area contributed by atoms with Gasteiger partial charge in [0.05, 0.1) is 23.3 Å².